The molecule has 80 valence electrons. The molecule has 1 saturated heterocycles. The van der Waals surface area contributed by atoms with Crippen molar-refractivity contribution in [3.05, 3.63) is 0 Å². The van der Waals surface area contributed by atoms with E-state index in [1.54, 1.807) is 0 Å². The molecular formula is C9H15NO2S2. The van der Waals surface area contributed by atoms with E-state index in [-0.39, 0.29) is 5.92 Å². The Hall–Kier alpha value is -0.290. The number of nitrogens with zero attached hydrogens (tertiary/aromatic N) is 1. The van der Waals surface area contributed by atoms with Gasteiger partial charge in [-0.2, -0.15) is 12.6 Å². The molecule has 0 amide bonds. The SMILES string of the molecule is CC(CS)C(=S)N1CCC[C@H]1C(=O)O. The number of aliphatic carboxylic acids is 1. The van der Waals surface area contributed by atoms with Gasteiger partial charge >= 0.3 is 5.97 Å². The van der Waals surface area contributed by atoms with Crippen LogP contribution in [0.3, 0.4) is 0 Å². The van der Waals surface area contributed by atoms with Gasteiger partial charge in [-0.25, -0.2) is 4.79 Å². The summed E-state index contributed by atoms with van der Waals surface area (Å²) in [6.45, 7) is 2.75. The van der Waals surface area contributed by atoms with Gasteiger partial charge in [0.05, 0.1) is 4.99 Å². The highest BCUT2D eigenvalue weighted by Crippen LogP contribution is 2.21. The molecular weight excluding hydrogens is 218 g/mol. The number of hydrogen-bond acceptors (Lipinski definition) is 3. The standard InChI is InChI=1S/C9H15NO2S2/c1-6(5-13)8(14)10-4-2-3-7(10)9(11)12/h6-7,13H,2-5H2,1H3,(H,11,12)/t6?,7-/m0/s1. The number of likely N-dealkylation sites (tertiary alicyclic amines) is 1. The minimum absolute atomic E-state index is 0.174. The van der Waals surface area contributed by atoms with E-state index in [0.717, 1.165) is 18.0 Å². The highest BCUT2D eigenvalue weighted by atomic mass is 32.1. The van der Waals surface area contributed by atoms with E-state index < -0.39 is 12.0 Å². The van der Waals surface area contributed by atoms with Crippen molar-refractivity contribution in [3.63, 3.8) is 0 Å². The van der Waals surface area contributed by atoms with Crippen molar-refractivity contribution in [2.75, 3.05) is 12.3 Å². The average molecular weight is 233 g/mol. The Bertz CT molecular complexity index is 245. The molecule has 1 N–H and O–H groups in total. The zero-order chi connectivity index (χ0) is 10.7. The van der Waals surface area contributed by atoms with Crippen LogP contribution in [-0.4, -0.2) is 39.3 Å². The molecule has 0 aromatic heterocycles. The topological polar surface area (TPSA) is 40.5 Å². The molecule has 1 aliphatic heterocycles. The molecule has 1 rings (SSSR count). The predicted molar refractivity (Wildman–Crippen MR) is 63.0 cm³/mol. The Balaban J connectivity index is 2.67. The molecule has 0 bridgehead atoms. The van der Waals surface area contributed by atoms with Crippen LogP contribution in [0.2, 0.25) is 0 Å². The van der Waals surface area contributed by atoms with Crippen LogP contribution >= 0.6 is 24.8 Å². The summed E-state index contributed by atoms with van der Waals surface area (Å²) in [6, 6.07) is -0.412. The van der Waals surface area contributed by atoms with Crippen molar-refractivity contribution in [2.45, 2.75) is 25.8 Å². The molecule has 0 saturated carbocycles. The predicted octanol–water partition coefficient (Wildman–Crippen LogP) is 1.43. The summed E-state index contributed by atoms with van der Waals surface area (Å²) < 4.78 is 0. The van der Waals surface area contributed by atoms with Crippen molar-refractivity contribution in [1.82, 2.24) is 4.90 Å². The number of carboxylic acids is 1. The molecule has 2 atom stereocenters. The summed E-state index contributed by atoms with van der Waals surface area (Å²) in [5.74, 6) is 0.0753. The molecule has 3 nitrogen and oxygen atoms in total. The molecule has 0 aliphatic carbocycles. The molecule has 0 radical (unpaired) electrons. The minimum atomic E-state index is -0.767. The van der Waals surface area contributed by atoms with Crippen molar-refractivity contribution < 1.29 is 9.90 Å². The zero-order valence-corrected chi connectivity index (χ0v) is 9.85. The van der Waals surface area contributed by atoms with Crippen LogP contribution in [0.25, 0.3) is 0 Å². The summed E-state index contributed by atoms with van der Waals surface area (Å²) in [6.07, 6.45) is 1.62. The lowest BCUT2D eigenvalue weighted by atomic mass is 10.1. The quantitative estimate of drug-likeness (QED) is 0.571. The van der Waals surface area contributed by atoms with Crippen LogP contribution in [0.5, 0.6) is 0 Å². The largest absolute Gasteiger partial charge is 0.480 e. The lowest BCUT2D eigenvalue weighted by Crippen LogP contribution is -2.42. The summed E-state index contributed by atoms with van der Waals surface area (Å²) in [4.78, 5) is 13.5. The highest BCUT2D eigenvalue weighted by Gasteiger charge is 2.33. The summed E-state index contributed by atoms with van der Waals surface area (Å²) in [5, 5.41) is 8.97. The normalized spacial score (nSPS) is 23.6. The zero-order valence-electron chi connectivity index (χ0n) is 8.14. The number of carbonyl (C=O) groups is 1. The van der Waals surface area contributed by atoms with Gasteiger partial charge in [0.1, 0.15) is 6.04 Å². The van der Waals surface area contributed by atoms with Crippen molar-refractivity contribution >= 4 is 35.8 Å². The van der Waals surface area contributed by atoms with Gasteiger partial charge in [-0.15, -0.1) is 0 Å². The van der Waals surface area contributed by atoms with Gasteiger partial charge in [0.2, 0.25) is 0 Å². The van der Waals surface area contributed by atoms with E-state index in [2.05, 4.69) is 12.6 Å². The minimum Gasteiger partial charge on any atom is -0.480 e. The molecule has 1 aliphatic rings. The van der Waals surface area contributed by atoms with Gasteiger partial charge in [-0.05, 0) is 18.6 Å². The summed E-state index contributed by atoms with van der Waals surface area (Å²) >= 11 is 9.41. The van der Waals surface area contributed by atoms with Gasteiger partial charge in [0.15, 0.2) is 0 Å². The fourth-order valence-electron chi connectivity index (χ4n) is 1.65. The Morgan fingerprint density at radius 2 is 2.43 bits per heavy atom. The molecule has 1 fully saturated rings. The van der Waals surface area contributed by atoms with E-state index in [4.69, 9.17) is 17.3 Å². The molecule has 14 heavy (non-hydrogen) atoms. The van der Waals surface area contributed by atoms with Gasteiger partial charge in [0, 0.05) is 12.5 Å². The highest BCUT2D eigenvalue weighted by molar-refractivity contribution is 7.81. The maximum Gasteiger partial charge on any atom is 0.326 e. The van der Waals surface area contributed by atoms with Gasteiger partial charge in [0.25, 0.3) is 0 Å². The van der Waals surface area contributed by atoms with Gasteiger partial charge in [-0.1, -0.05) is 19.1 Å². The summed E-state index contributed by atoms with van der Waals surface area (Å²) in [5.41, 5.74) is 0. The lowest BCUT2D eigenvalue weighted by Gasteiger charge is -2.27. The van der Waals surface area contributed by atoms with Crippen molar-refractivity contribution in [2.24, 2.45) is 5.92 Å². The Labute approximate surface area is 94.9 Å². The molecule has 0 spiro atoms. The molecule has 5 heteroatoms. The average Bonchev–Trinajstić information content (AvgIpc) is 2.63. The second kappa shape index (κ2) is 4.98. The Morgan fingerprint density at radius 3 is 2.93 bits per heavy atom. The van der Waals surface area contributed by atoms with Crippen molar-refractivity contribution in [3.8, 4) is 0 Å². The monoisotopic (exact) mass is 233 g/mol. The van der Waals surface area contributed by atoms with E-state index in [9.17, 15) is 4.79 Å². The third-order valence-corrected chi connectivity index (χ3v) is 3.70. The number of thiol groups is 1. The fourth-order valence-corrected chi connectivity index (χ4v) is 2.25. The Kier molecular flexibility index (Phi) is 4.19. The van der Waals surface area contributed by atoms with Crippen LogP contribution in [-0.2, 0) is 4.79 Å². The number of thiocarbonyl (C=S) groups is 1. The Morgan fingerprint density at radius 1 is 1.79 bits per heavy atom. The van der Waals surface area contributed by atoms with Gasteiger partial charge in [-0.3, -0.25) is 0 Å². The van der Waals surface area contributed by atoms with Crippen LogP contribution in [0.4, 0.5) is 0 Å². The number of hydrogen-bond donors (Lipinski definition) is 2. The third kappa shape index (κ3) is 2.39. The van der Waals surface area contributed by atoms with Crippen molar-refractivity contribution in [1.29, 1.82) is 0 Å². The lowest BCUT2D eigenvalue weighted by molar-refractivity contribution is -0.140. The second-order valence-corrected chi connectivity index (χ2v) is 4.39. The third-order valence-electron chi connectivity index (χ3n) is 2.52. The molecule has 0 aromatic rings. The summed E-state index contributed by atoms with van der Waals surface area (Å²) in [7, 11) is 0. The van der Waals surface area contributed by atoms with Gasteiger partial charge < -0.3 is 10.0 Å². The number of rotatable bonds is 3. The van der Waals surface area contributed by atoms with Crippen LogP contribution in [0.1, 0.15) is 19.8 Å². The van der Waals surface area contributed by atoms with Crippen LogP contribution < -0.4 is 0 Å². The van der Waals surface area contributed by atoms with E-state index in [1.807, 2.05) is 11.8 Å². The molecule has 1 heterocycles. The maximum atomic E-state index is 10.9. The van der Waals surface area contributed by atoms with Crippen LogP contribution in [0, 0.1) is 5.92 Å². The maximum absolute atomic E-state index is 10.9. The smallest absolute Gasteiger partial charge is 0.326 e. The van der Waals surface area contributed by atoms with E-state index >= 15 is 0 Å². The number of carboxylic acid groups (broad SMARTS) is 1. The van der Waals surface area contributed by atoms with Crippen LogP contribution in [0.15, 0.2) is 0 Å². The first-order valence-electron chi connectivity index (χ1n) is 4.72. The van der Waals surface area contributed by atoms with E-state index in [1.165, 1.54) is 0 Å². The molecule has 0 aromatic carbocycles. The second-order valence-electron chi connectivity index (χ2n) is 3.61. The molecule has 1 unspecified atom stereocenters. The first kappa shape index (κ1) is 11.8. The first-order chi connectivity index (χ1) is 6.57. The first-order valence-corrected chi connectivity index (χ1v) is 5.76. The van der Waals surface area contributed by atoms with E-state index in [0.29, 0.717) is 12.2 Å². The fraction of sp³-hybridized carbons (Fsp3) is 0.778.